The Morgan fingerprint density at radius 1 is 1.33 bits per heavy atom. The molecule has 0 aliphatic rings. The summed E-state index contributed by atoms with van der Waals surface area (Å²) < 4.78 is 3.08. The number of imidazole rings is 1. The smallest absolute Gasteiger partial charge is 0.152 e. The molecule has 6 heteroatoms. The zero-order valence-electron chi connectivity index (χ0n) is 11.5. The molecule has 1 N–H and O–H groups in total. The van der Waals surface area contributed by atoms with E-state index in [4.69, 9.17) is 11.6 Å². The predicted molar refractivity (Wildman–Crippen MR) is 89.7 cm³/mol. The number of para-hydroxylation sites is 2. The fraction of sp³-hybridized carbons (Fsp3) is 0.200. The Bertz CT molecular complexity index is 784. The van der Waals surface area contributed by atoms with Crippen molar-refractivity contribution in [2.75, 3.05) is 5.32 Å². The molecule has 1 aromatic carbocycles. The first-order valence-electron chi connectivity index (χ1n) is 6.68. The van der Waals surface area contributed by atoms with E-state index < -0.39 is 0 Å². The average Bonchev–Trinajstić information content (AvgIpc) is 2.85. The first-order chi connectivity index (χ1) is 10.2. The number of hydrogen-bond donors (Lipinski definition) is 1. The van der Waals surface area contributed by atoms with E-state index in [0.29, 0.717) is 11.7 Å². The Balaban J connectivity index is 1.89. The number of pyridine rings is 1. The molecule has 108 valence electrons. The van der Waals surface area contributed by atoms with Crippen molar-refractivity contribution < 1.29 is 0 Å². The monoisotopic (exact) mass is 364 g/mol. The van der Waals surface area contributed by atoms with Crippen LogP contribution in [-0.2, 0) is 13.1 Å². The standard InChI is InChI=1S/C15H14BrClN4/c1-2-21-13-6-4-3-5-11(13)20-14(21)9-18-12-7-10(16)8-19-15(12)17/h3-8,18H,2,9H2,1H3. The summed E-state index contributed by atoms with van der Waals surface area (Å²) in [6.07, 6.45) is 1.68. The number of anilines is 1. The number of nitrogens with one attached hydrogen (secondary N) is 1. The maximum absolute atomic E-state index is 6.09. The summed E-state index contributed by atoms with van der Waals surface area (Å²) in [5.41, 5.74) is 2.95. The lowest BCUT2D eigenvalue weighted by atomic mass is 10.3. The topological polar surface area (TPSA) is 42.7 Å². The highest BCUT2D eigenvalue weighted by atomic mass is 79.9. The zero-order valence-corrected chi connectivity index (χ0v) is 13.8. The van der Waals surface area contributed by atoms with Crippen molar-refractivity contribution in [2.45, 2.75) is 20.0 Å². The van der Waals surface area contributed by atoms with Gasteiger partial charge in [0.2, 0.25) is 0 Å². The van der Waals surface area contributed by atoms with E-state index in [0.717, 1.165) is 33.6 Å². The number of halogens is 2. The van der Waals surface area contributed by atoms with E-state index in [2.05, 4.69) is 48.8 Å². The first-order valence-corrected chi connectivity index (χ1v) is 7.85. The Labute approximate surface area is 136 Å². The Morgan fingerprint density at radius 2 is 2.14 bits per heavy atom. The van der Waals surface area contributed by atoms with Crippen LogP contribution in [0.3, 0.4) is 0 Å². The number of hydrogen-bond acceptors (Lipinski definition) is 3. The van der Waals surface area contributed by atoms with Crippen molar-refractivity contribution in [3.05, 3.63) is 52.0 Å². The van der Waals surface area contributed by atoms with Gasteiger partial charge in [0.15, 0.2) is 5.15 Å². The van der Waals surface area contributed by atoms with Gasteiger partial charge in [-0.1, -0.05) is 23.7 Å². The number of aryl methyl sites for hydroxylation is 1. The minimum absolute atomic E-state index is 0.456. The number of nitrogens with zero attached hydrogens (tertiary/aromatic N) is 3. The van der Waals surface area contributed by atoms with Crippen LogP contribution in [0.15, 0.2) is 41.0 Å². The summed E-state index contributed by atoms with van der Waals surface area (Å²) in [5, 5.41) is 3.75. The average molecular weight is 366 g/mol. The normalized spacial score (nSPS) is 11.0. The molecule has 2 heterocycles. The van der Waals surface area contributed by atoms with Gasteiger partial charge in [-0.2, -0.15) is 0 Å². The van der Waals surface area contributed by atoms with Crippen LogP contribution < -0.4 is 5.32 Å². The fourth-order valence-corrected chi connectivity index (χ4v) is 2.84. The highest BCUT2D eigenvalue weighted by Gasteiger charge is 2.10. The quantitative estimate of drug-likeness (QED) is 0.693. The van der Waals surface area contributed by atoms with Gasteiger partial charge in [0.05, 0.1) is 23.3 Å². The van der Waals surface area contributed by atoms with Crippen LogP contribution in [0.5, 0.6) is 0 Å². The van der Waals surface area contributed by atoms with Crippen molar-refractivity contribution in [1.82, 2.24) is 14.5 Å². The van der Waals surface area contributed by atoms with E-state index in [1.54, 1.807) is 6.20 Å². The van der Waals surface area contributed by atoms with Crippen LogP contribution in [0.2, 0.25) is 5.15 Å². The summed E-state index contributed by atoms with van der Waals surface area (Å²) in [7, 11) is 0. The second kappa shape index (κ2) is 6.03. The summed E-state index contributed by atoms with van der Waals surface area (Å²) in [6.45, 7) is 3.59. The summed E-state index contributed by atoms with van der Waals surface area (Å²) >= 11 is 9.49. The molecular formula is C15H14BrClN4. The van der Waals surface area contributed by atoms with Gasteiger partial charge < -0.3 is 9.88 Å². The molecule has 0 unspecified atom stereocenters. The van der Waals surface area contributed by atoms with Crippen molar-refractivity contribution >= 4 is 44.3 Å². The molecule has 2 aromatic heterocycles. The molecule has 4 nitrogen and oxygen atoms in total. The van der Waals surface area contributed by atoms with Crippen LogP contribution in [0, 0.1) is 0 Å². The summed E-state index contributed by atoms with van der Waals surface area (Å²) in [5.74, 6) is 0.981. The second-order valence-corrected chi connectivity index (χ2v) is 5.88. The number of rotatable bonds is 4. The van der Waals surface area contributed by atoms with Crippen LogP contribution >= 0.6 is 27.5 Å². The molecule has 3 aromatic rings. The minimum atomic E-state index is 0.456. The number of aromatic nitrogens is 3. The molecule has 0 radical (unpaired) electrons. The molecule has 0 bridgehead atoms. The van der Waals surface area contributed by atoms with Crippen LogP contribution in [-0.4, -0.2) is 14.5 Å². The van der Waals surface area contributed by atoms with Gasteiger partial charge in [0.25, 0.3) is 0 Å². The van der Waals surface area contributed by atoms with E-state index in [1.165, 1.54) is 0 Å². The molecule has 0 spiro atoms. The van der Waals surface area contributed by atoms with Gasteiger partial charge in [-0.3, -0.25) is 0 Å². The number of benzene rings is 1. The van der Waals surface area contributed by atoms with E-state index in [9.17, 15) is 0 Å². The molecule has 0 atom stereocenters. The molecule has 0 fully saturated rings. The molecule has 0 saturated heterocycles. The van der Waals surface area contributed by atoms with Crippen molar-refractivity contribution in [3.63, 3.8) is 0 Å². The third kappa shape index (κ3) is 2.89. The summed E-state index contributed by atoms with van der Waals surface area (Å²) in [6, 6.07) is 10.1. The van der Waals surface area contributed by atoms with Crippen LogP contribution in [0.1, 0.15) is 12.7 Å². The van der Waals surface area contributed by atoms with Crippen molar-refractivity contribution in [3.8, 4) is 0 Å². The molecule has 0 amide bonds. The fourth-order valence-electron chi connectivity index (χ4n) is 2.33. The predicted octanol–water partition coefficient (Wildman–Crippen LogP) is 4.48. The molecule has 3 rings (SSSR count). The van der Waals surface area contributed by atoms with Gasteiger partial charge in [0, 0.05) is 17.2 Å². The minimum Gasteiger partial charge on any atom is -0.375 e. The summed E-state index contributed by atoms with van der Waals surface area (Å²) in [4.78, 5) is 8.78. The van der Waals surface area contributed by atoms with Crippen LogP contribution in [0.4, 0.5) is 5.69 Å². The highest BCUT2D eigenvalue weighted by Crippen LogP contribution is 2.24. The second-order valence-electron chi connectivity index (χ2n) is 4.61. The van der Waals surface area contributed by atoms with Crippen LogP contribution in [0.25, 0.3) is 11.0 Å². The zero-order chi connectivity index (χ0) is 14.8. The molecule has 0 aliphatic carbocycles. The lowest BCUT2D eigenvalue weighted by Crippen LogP contribution is -2.08. The van der Waals surface area contributed by atoms with Gasteiger partial charge >= 0.3 is 0 Å². The van der Waals surface area contributed by atoms with E-state index in [-0.39, 0.29) is 0 Å². The molecule has 21 heavy (non-hydrogen) atoms. The highest BCUT2D eigenvalue weighted by molar-refractivity contribution is 9.10. The first kappa shape index (κ1) is 14.4. The van der Waals surface area contributed by atoms with Gasteiger partial charge in [-0.15, -0.1) is 0 Å². The lowest BCUT2D eigenvalue weighted by molar-refractivity contribution is 0.729. The SMILES string of the molecule is CCn1c(CNc2cc(Br)cnc2Cl)nc2ccccc21. The molecule has 0 aliphatic heterocycles. The van der Waals surface area contributed by atoms with Crippen molar-refractivity contribution in [2.24, 2.45) is 0 Å². The Hall–Kier alpha value is -1.59. The van der Waals surface area contributed by atoms with E-state index >= 15 is 0 Å². The third-order valence-electron chi connectivity index (χ3n) is 3.29. The largest absolute Gasteiger partial charge is 0.375 e. The maximum atomic E-state index is 6.09. The van der Waals surface area contributed by atoms with Gasteiger partial charge in [0.1, 0.15) is 5.82 Å². The third-order valence-corrected chi connectivity index (χ3v) is 4.03. The maximum Gasteiger partial charge on any atom is 0.152 e. The Morgan fingerprint density at radius 3 is 2.95 bits per heavy atom. The van der Waals surface area contributed by atoms with Gasteiger partial charge in [-0.25, -0.2) is 9.97 Å². The van der Waals surface area contributed by atoms with Gasteiger partial charge in [-0.05, 0) is 41.1 Å². The molecular weight excluding hydrogens is 352 g/mol. The Kier molecular flexibility index (Phi) is 4.12. The lowest BCUT2D eigenvalue weighted by Gasteiger charge is -2.09. The van der Waals surface area contributed by atoms with E-state index in [1.807, 2.05) is 24.3 Å². The molecule has 0 saturated carbocycles. The number of fused-ring (bicyclic) bond motifs is 1. The van der Waals surface area contributed by atoms with Crippen molar-refractivity contribution in [1.29, 1.82) is 0 Å².